The standard InChI is InChI=1S/C24H23ClN4O4S/c25-19-11-10-17(14-21(19)29(32)33)26-22(30)15-34-24-27-20-9-5-4-8-18(20)23(31)28(24)13-12-16-6-2-1-3-7-16/h4-6,8-11,14H,1-3,7,12-13,15H2,(H,26,30). The first-order valence-electron chi connectivity index (χ1n) is 11.0. The van der Waals surface area contributed by atoms with Crippen LogP contribution in [0.2, 0.25) is 5.02 Å². The summed E-state index contributed by atoms with van der Waals surface area (Å²) in [7, 11) is 0. The van der Waals surface area contributed by atoms with Gasteiger partial charge in [0.05, 0.1) is 21.6 Å². The first-order chi connectivity index (χ1) is 16.4. The molecular formula is C24H23ClN4O4S. The number of nitrogens with zero attached hydrogens (tertiary/aromatic N) is 3. The largest absolute Gasteiger partial charge is 0.325 e. The van der Waals surface area contributed by atoms with E-state index in [0.29, 0.717) is 22.6 Å². The van der Waals surface area contributed by atoms with E-state index in [1.54, 1.807) is 16.7 Å². The summed E-state index contributed by atoms with van der Waals surface area (Å²) in [6.45, 7) is 0.496. The van der Waals surface area contributed by atoms with Crippen molar-refractivity contribution >= 4 is 51.5 Å². The number of allylic oxidation sites excluding steroid dienone is 2. The van der Waals surface area contributed by atoms with Gasteiger partial charge in [-0.05, 0) is 56.4 Å². The smallest absolute Gasteiger partial charge is 0.289 e. The Kier molecular flexibility index (Phi) is 7.64. The van der Waals surface area contributed by atoms with Crippen LogP contribution in [0.5, 0.6) is 0 Å². The Morgan fingerprint density at radius 2 is 2.06 bits per heavy atom. The Labute approximate surface area is 205 Å². The maximum absolute atomic E-state index is 13.2. The van der Waals surface area contributed by atoms with Crippen LogP contribution in [0.15, 0.2) is 64.1 Å². The monoisotopic (exact) mass is 498 g/mol. The van der Waals surface area contributed by atoms with Crippen LogP contribution in [0.1, 0.15) is 32.1 Å². The molecular weight excluding hydrogens is 476 g/mol. The number of carbonyl (C=O) groups excluding carboxylic acids is 1. The Bertz CT molecular complexity index is 1340. The first-order valence-corrected chi connectivity index (χ1v) is 12.3. The lowest BCUT2D eigenvalue weighted by Crippen LogP contribution is -2.24. The molecule has 1 N–H and O–H groups in total. The lowest BCUT2D eigenvalue weighted by molar-refractivity contribution is -0.384. The summed E-state index contributed by atoms with van der Waals surface area (Å²) in [4.78, 5) is 40.9. The van der Waals surface area contributed by atoms with E-state index in [2.05, 4.69) is 16.4 Å². The van der Waals surface area contributed by atoms with Crippen LogP contribution in [0.25, 0.3) is 10.9 Å². The third kappa shape index (κ3) is 5.66. The number of nitro benzene ring substituents is 1. The van der Waals surface area contributed by atoms with E-state index >= 15 is 0 Å². The number of hydrogen-bond acceptors (Lipinski definition) is 6. The van der Waals surface area contributed by atoms with Crippen LogP contribution in [-0.4, -0.2) is 26.1 Å². The summed E-state index contributed by atoms with van der Waals surface area (Å²) >= 11 is 7.00. The average Bonchev–Trinajstić information content (AvgIpc) is 2.84. The van der Waals surface area contributed by atoms with E-state index in [1.165, 1.54) is 36.6 Å². The highest BCUT2D eigenvalue weighted by molar-refractivity contribution is 7.99. The fraction of sp³-hybridized carbons (Fsp3) is 0.292. The third-order valence-corrected chi connectivity index (χ3v) is 6.92. The first kappa shape index (κ1) is 24.0. The number of carbonyl (C=O) groups is 1. The second kappa shape index (κ2) is 10.8. The zero-order valence-electron chi connectivity index (χ0n) is 18.3. The normalized spacial score (nSPS) is 13.5. The van der Waals surface area contributed by atoms with Crippen LogP contribution < -0.4 is 10.9 Å². The molecule has 0 radical (unpaired) electrons. The number of amides is 1. The van der Waals surface area contributed by atoms with Gasteiger partial charge in [-0.25, -0.2) is 4.98 Å². The van der Waals surface area contributed by atoms with E-state index in [1.807, 2.05) is 12.1 Å². The Balaban J connectivity index is 1.52. The van der Waals surface area contributed by atoms with E-state index < -0.39 is 4.92 Å². The predicted octanol–water partition coefficient (Wildman–Crippen LogP) is 5.58. The fourth-order valence-electron chi connectivity index (χ4n) is 3.90. The third-order valence-electron chi connectivity index (χ3n) is 5.63. The molecule has 0 atom stereocenters. The number of nitrogens with one attached hydrogen (secondary N) is 1. The Morgan fingerprint density at radius 1 is 1.24 bits per heavy atom. The van der Waals surface area contributed by atoms with Crippen molar-refractivity contribution in [3.05, 3.63) is 79.6 Å². The summed E-state index contributed by atoms with van der Waals surface area (Å²) < 4.78 is 1.64. The quantitative estimate of drug-likeness (QED) is 0.143. The molecule has 4 rings (SSSR count). The maximum Gasteiger partial charge on any atom is 0.289 e. The molecule has 1 aromatic heterocycles. The zero-order valence-corrected chi connectivity index (χ0v) is 19.9. The minimum absolute atomic E-state index is 0.00478. The van der Waals surface area contributed by atoms with Crippen LogP contribution in [0, 0.1) is 10.1 Å². The molecule has 8 nitrogen and oxygen atoms in total. The van der Waals surface area contributed by atoms with Gasteiger partial charge in [-0.2, -0.15) is 0 Å². The highest BCUT2D eigenvalue weighted by Gasteiger charge is 2.16. The van der Waals surface area contributed by atoms with Crippen LogP contribution in [0.3, 0.4) is 0 Å². The number of hydrogen-bond donors (Lipinski definition) is 1. The number of para-hydroxylation sites is 1. The molecule has 1 aliphatic carbocycles. The number of anilines is 1. The van der Waals surface area contributed by atoms with Crippen molar-refractivity contribution in [3.63, 3.8) is 0 Å². The fourth-order valence-corrected chi connectivity index (χ4v) is 4.91. The van der Waals surface area contributed by atoms with Crippen molar-refractivity contribution in [1.29, 1.82) is 0 Å². The zero-order chi connectivity index (χ0) is 24.1. The van der Waals surface area contributed by atoms with Gasteiger partial charge in [-0.1, -0.05) is 47.1 Å². The molecule has 10 heteroatoms. The van der Waals surface area contributed by atoms with E-state index in [-0.39, 0.29) is 33.6 Å². The second-order valence-electron chi connectivity index (χ2n) is 7.99. The molecule has 0 aliphatic heterocycles. The van der Waals surface area contributed by atoms with Crippen molar-refractivity contribution in [3.8, 4) is 0 Å². The maximum atomic E-state index is 13.2. The van der Waals surface area contributed by atoms with E-state index in [0.717, 1.165) is 31.0 Å². The molecule has 0 fully saturated rings. The second-order valence-corrected chi connectivity index (χ2v) is 9.34. The van der Waals surface area contributed by atoms with Gasteiger partial charge in [0, 0.05) is 18.3 Å². The van der Waals surface area contributed by atoms with Gasteiger partial charge in [0.1, 0.15) is 5.02 Å². The Hall–Kier alpha value is -3.17. The molecule has 3 aromatic rings. The molecule has 0 saturated carbocycles. The molecule has 0 unspecified atom stereocenters. The SMILES string of the molecule is O=C(CSc1nc2ccccc2c(=O)n1CCC1=CCCCC1)Nc1ccc(Cl)c([N+](=O)[O-])c1. The molecule has 1 aliphatic rings. The molecule has 0 saturated heterocycles. The summed E-state index contributed by atoms with van der Waals surface area (Å²) in [6.07, 6.45) is 7.52. The van der Waals surface area contributed by atoms with Gasteiger partial charge in [-0.3, -0.25) is 24.3 Å². The average molecular weight is 499 g/mol. The van der Waals surface area contributed by atoms with Crippen molar-refractivity contribution in [2.75, 3.05) is 11.1 Å². The van der Waals surface area contributed by atoms with Gasteiger partial charge >= 0.3 is 0 Å². The number of rotatable bonds is 8. The summed E-state index contributed by atoms with van der Waals surface area (Å²) in [5.41, 5.74) is 1.79. The van der Waals surface area contributed by atoms with Gasteiger partial charge in [0.25, 0.3) is 11.2 Å². The van der Waals surface area contributed by atoms with Crippen molar-refractivity contribution in [2.24, 2.45) is 0 Å². The van der Waals surface area contributed by atoms with Gasteiger partial charge < -0.3 is 5.32 Å². The van der Waals surface area contributed by atoms with Gasteiger partial charge in [-0.15, -0.1) is 0 Å². The number of nitro groups is 1. The van der Waals surface area contributed by atoms with Crippen LogP contribution in [0.4, 0.5) is 11.4 Å². The van der Waals surface area contributed by atoms with E-state index in [9.17, 15) is 19.7 Å². The van der Waals surface area contributed by atoms with Crippen LogP contribution in [-0.2, 0) is 11.3 Å². The van der Waals surface area contributed by atoms with Crippen molar-refractivity contribution in [1.82, 2.24) is 9.55 Å². The van der Waals surface area contributed by atoms with Gasteiger partial charge in [0.2, 0.25) is 5.91 Å². The minimum Gasteiger partial charge on any atom is -0.325 e. The van der Waals surface area contributed by atoms with E-state index in [4.69, 9.17) is 11.6 Å². The van der Waals surface area contributed by atoms with Crippen molar-refractivity contribution < 1.29 is 9.72 Å². The molecule has 34 heavy (non-hydrogen) atoms. The highest BCUT2D eigenvalue weighted by Crippen LogP contribution is 2.28. The number of thioether (sulfide) groups is 1. The molecule has 1 heterocycles. The number of halogens is 1. The molecule has 0 bridgehead atoms. The number of aromatic nitrogens is 2. The lowest BCUT2D eigenvalue weighted by atomic mass is 9.97. The lowest BCUT2D eigenvalue weighted by Gasteiger charge is -2.16. The number of benzene rings is 2. The molecule has 2 aromatic carbocycles. The van der Waals surface area contributed by atoms with Gasteiger partial charge in [0.15, 0.2) is 5.16 Å². The highest BCUT2D eigenvalue weighted by atomic mass is 35.5. The number of fused-ring (bicyclic) bond motifs is 1. The summed E-state index contributed by atoms with van der Waals surface area (Å²) in [5.74, 6) is -0.380. The summed E-state index contributed by atoms with van der Waals surface area (Å²) in [6, 6.07) is 11.3. The summed E-state index contributed by atoms with van der Waals surface area (Å²) in [5, 5.41) is 14.7. The minimum atomic E-state index is -0.605. The van der Waals surface area contributed by atoms with Crippen molar-refractivity contribution in [2.45, 2.75) is 43.8 Å². The van der Waals surface area contributed by atoms with Crippen LogP contribution >= 0.6 is 23.4 Å². The molecule has 0 spiro atoms. The predicted molar refractivity (Wildman–Crippen MR) is 135 cm³/mol. The topological polar surface area (TPSA) is 107 Å². The Morgan fingerprint density at radius 3 is 2.82 bits per heavy atom. The molecule has 176 valence electrons. The molecule has 1 amide bonds.